The largest absolute Gasteiger partial charge is 0.491 e. The molecule has 0 fully saturated rings. The first-order valence-corrected chi connectivity index (χ1v) is 9.92. The topological polar surface area (TPSA) is 72.8 Å². The molecular weight excluding hydrogens is 368 g/mol. The van der Waals surface area contributed by atoms with Gasteiger partial charge in [0, 0.05) is 17.9 Å². The number of carbonyl (C=O) groups excluding carboxylic acids is 2. The Labute approximate surface area is 172 Å². The molecule has 0 radical (unpaired) electrons. The molecule has 2 rings (SSSR count). The van der Waals surface area contributed by atoms with Crippen LogP contribution in [0.3, 0.4) is 0 Å². The van der Waals surface area contributed by atoms with Gasteiger partial charge < -0.3 is 14.6 Å². The highest BCUT2D eigenvalue weighted by Gasteiger charge is 2.32. The van der Waals surface area contributed by atoms with E-state index >= 15 is 0 Å². The molecule has 0 heterocycles. The van der Waals surface area contributed by atoms with E-state index in [0.717, 1.165) is 12.0 Å². The van der Waals surface area contributed by atoms with Gasteiger partial charge in [0.25, 0.3) is 0 Å². The summed E-state index contributed by atoms with van der Waals surface area (Å²) in [5.41, 5.74) is 0.355. The van der Waals surface area contributed by atoms with Gasteiger partial charge in [-0.3, -0.25) is 4.79 Å². The van der Waals surface area contributed by atoms with E-state index in [1.807, 2.05) is 19.9 Å². The minimum absolute atomic E-state index is 0.0547. The van der Waals surface area contributed by atoms with Gasteiger partial charge in [-0.1, -0.05) is 39.0 Å². The van der Waals surface area contributed by atoms with E-state index < -0.39 is 17.5 Å². The smallest absolute Gasteiger partial charge is 0.343 e. The Morgan fingerprint density at radius 2 is 1.66 bits per heavy atom. The molecule has 29 heavy (non-hydrogen) atoms. The van der Waals surface area contributed by atoms with E-state index in [1.54, 1.807) is 63.2 Å². The SMILES string of the molecule is CCC(C)Oc1cccc(OC(=O)c2ccc(CC(=O)C(C)(C)C(C)O)cc2)c1. The van der Waals surface area contributed by atoms with Gasteiger partial charge in [-0.05, 0) is 50.1 Å². The molecule has 0 saturated carbocycles. The maximum atomic E-state index is 12.4. The summed E-state index contributed by atoms with van der Waals surface area (Å²) in [6.07, 6.45) is 0.425. The maximum Gasteiger partial charge on any atom is 0.343 e. The number of aliphatic hydroxyl groups excluding tert-OH is 1. The zero-order valence-electron chi connectivity index (χ0n) is 17.8. The number of aliphatic hydroxyl groups is 1. The van der Waals surface area contributed by atoms with Crippen molar-refractivity contribution < 1.29 is 24.2 Å². The molecule has 2 aromatic rings. The van der Waals surface area contributed by atoms with E-state index in [9.17, 15) is 14.7 Å². The van der Waals surface area contributed by atoms with Crippen LogP contribution in [0.15, 0.2) is 48.5 Å². The van der Waals surface area contributed by atoms with Crippen LogP contribution in [0.4, 0.5) is 0 Å². The minimum atomic E-state index is -0.819. The van der Waals surface area contributed by atoms with E-state index in [-0.39, 0.29) is 18.3 Å². The van der Waals surface area contributed by atoms with Crippen molar-refractivity contribution in [3.05, 3.63) is 59.7 Å². The lowest BCUT2D eigenvalue weighted by Crippen LogP contribution is -2.36. The highest BCUT2D eigenvalue weighted by molar-refractivity contribution is 5.91. The number of hydrogen-bond acceptors (Lipinski definition) is 5. The molecule has 0 saturated heterocycles. The third kappa shape index (κ3) is 6.16. The second-order valence-corrected chi connectivity index (χ2v) is 7.90. The van der Waals surface area contributed by atoms with Gasteiger partial charge in [0.05, 0.1) is 17.8 Å². The Bertz CT molecular complexity index is 837. The van der Waals surface area contributed by atoms with Crippen molar-refractivity contribution >= 4 is 11.8 Å². The number of rotatable bonds is 9. The highest BCUT2D eigenvalue weighted by atomic mass is 16.5. The van der Waals surface area contributed by atoms with Crippen LogP contribution in [-0.4, -0.2) is 29.1 Å². The summed E-state index contributed by atoms with van der Waals surface area (Å²) in [4.78, 5) is 24.8. The molecule has 5 nitrogen and oxygen atoms in total. The molecule has 1 N–H and O–H groups in total. The molecular formula is C24H30O5. The monoisotopic (exact) mass is 398 g/mol. The van der Waals surface area contributed by atoms with Crippen LogP contribution in [0.5, 0.6) is 11.5 Å². The normalized spacial score (nSPS) is 13.4. The van der Waals surface area contributed by atoms with Crippen LogP contribution >= 0.6 is 0 Å². The summed E-state index contributed by atoms with van der Waals surface area (Å²) in [6.45, 7) is 9.08. The zero-order chi connectivity index (χ0) is 21.6. The molecule has 2 aromatic carbocycles. The fourth-order valence-corrected chi connectivity index (χ4v) is 2.50. The average Bonchev–Trinajstić information content (AvgIpc) is 2.68. The first kappa shape index (κ1) is 22.6. The van der Waals surface area contributed by atoms with Gasteiger partial charge in [-0.25, -0.2) is 4.79 Å². The van der Waals surface area contributed by atoms with Gasteiger partial charge in [-0.2, -0.15) is 0 Å². The van der Waals surface area contributed by atoms with Crippen LogP contribution in [0.2, 0.25) is 0 Å². The lowest BCUT2D eigenvalue weighted by atomic mass is 9.80. The molecule has 0 aliphatic rings. The van der Waals surface area contributed by atoms with Crippen molar-refractivity contribution in [3.63, 3.8) is 0 Å². The fourth-order valence-electron chi connectivity index (χ4n) is 2.50. The molecule has 5 heteroatoms. The number of Topliss-reactive ketones (excluding diaryl/α,β-unsaturated/α-hetero) is 1. The molecule has 156 valence electrons. The summed E-state index contributed by atoms with van der Waals surface area (Å²) in [5, 5.41) is 9.78. The van der Waals surface area contributed by atoms with Gasteiger partial charge in [-0.15, -0.1) is 0 Å². The van der Waals surface area contributed by atoms with Crippen molar-refractivity contribution in [1.82, 2.24) is 0 Å². The third-order valence-corrected chi connectivity index (χ3v) is 5.25. The number of carbonyl (C=O) groups is 2. The summed E-state index contributed by atoms with van der Waals surface area (Å²) in [6, 6.07) is 13.7. The van der Waals surface area contributed by atoms with Crippen molar-refractivity contribution in [2.75, 3.05) is 0 Å². The molecule has 2 unspecified atom stereocenters. The lowest BCUT2D eigenvalue weighted by molar-refractivity contribution is -0.131. The first-order chi connectivity index (χ1) is 13.6. The first-order valence-electron chi connectivity index (χ1n) is 9.92. The van der Waals surface area contributed by atoms with Crippen molar-refractivity contribution in [1.29, 1.82) is 0 Å². The Morgan fingerprint density at radius 3 is 2.24 bits per heavy atom. The van der Waals surface area contributed by atoms with Crippen LogP contribution < -0.4 is 9.47 Å². The summed E-state index contributed by atoms with van der Waals surface area (Å²) in [5.74, 6) is 0.529. The van der Waals surface area contributed by atoms with Gasteiger partial charge in [0.1, 0.15) is 17.3 Å². The molecule has 0 aliphatic carbocycles. The summed E-state index contributed by atoms with van der Waals surface area (Å²) in [7, 11) is 0. The second-order valence-electron chi connectivity index (χ2n) is 7.90. The number of hydrogen-bond donors (Lipinski definition) is 1. The van der Waals surface area contributed by atoms with Crippen molar-refractivity contribution in [2.24, 2.45) is 5.41 Å². The Hall–Kier alpha value is -2.66. The van der Waals surface area contributed by atoms with E-state index in [4.69, 9.17) is 9.47 Å². The molecule has 0 aromatic heterocycles. The minimum Gasteiger partial charge on any atom is -0.491 e. The Morgan fingerprint density at radius 1 is 1.03 bits per heavy atom. The van der Waals surface area contributed by atoms with Crippen molar-refractivity contribution in [2.45, 2.75) is 59.7 Å². The quantitative estimate of drug-likeness (QED) is 0.494. The van der Waals surface area contributed by atoms with Crippen LogP contribution in [0.1, 0.15) is 57.0 Å². The maximum absolute atomic E-state index is 12.4. The third-order valence-electron chi connectivity index (χ3n) is 5.25. The summed E-state index contributed by atoms with van der Waals surface area (Å²) >= 11 is 0. The molecule has 0 spiro atoms. The van der Waals surface area contributed by atoms with Gasteiger partial charge in [0.2, 0.25) is 0 Å². The Balaban J connectivity index is 2.02. The fraction of sp³-hybridized carbons (Fsp3) is 0.417. The summed E-state index contributed by atoms with van der Waals surface area (Å²) < 4.78 is 11.2. The number of ketones is 1. The molecule has 0 bridgehead atoms. The predicted octanol–water partition coefficient (Wildman–Crippen LogP) is 4.60. The van der Waals surface area contributed by atoms with E-state index in [2.05, 4.69) is 0 Å². The lowest BCUT2D eigenvalue weighted by Gasteiger charge is -2.26. The van der Waals surface area contributed by atoms with Crippen LogP contribution in [0, 0.1) is 5.41 Å². The standard InChI is InChI=1S/C24H30O5/c1-6-16(2)28-20-8-7-9-21(15-20)29-23(27)19-12-10-18(11-13-19)14-22(26)24(4,5)17(3)25/h7-13,15-17,25H,6,14H2,1-5H3. The Kier molecular flexibility index (Phi) is 7.57. The predicted molar refractivity (Wildman–Crippen MR) is 112 cm³/mol. The second kappa shape index (κ2) is 9.70. The number of ether oxygens (including phenoxy) is 2. The van der Waals surface area contributed by atoms with E-state index in [1.165, 1.54) is 0 Å². The van der Waals surface area contributed by atoms with Crippen LogP contribution in [-0.2, 0) is 11.2 Å². The van der Waals surface area contributed by atoms with Gasteiger partial charge >= 0.3 is 5.97 Å². The average molecular weight is 398 g/mol. The van der Waals surface area contributed by atoms with Gasteiger partial charge in [0.15, 0.2) is 0 Å². The highest BCUT2D eigenvalue weighted by Crippen LogP contribution is 2.25. The molecule has 0 aliphatic heterocycles. The zero-order valence-corrected chi connectivity index (χ0v) is 17.8. The number of esters is 1. The van der Waals surface area contributed by atoms with Crippen LogP contribution in [0.25, 0.3) is 0 Å². The number of benzene rings is 2. The van der Waals surface area contributed by atoms with Crippen molar-refractivity contribution in [3.8, 4) is 11.5 Å². The molecule has 2 atom stereocenters. The molecule has 0 amide bonds. The van der Waals surface area contributed by atoms with E-state index in [0.29, 0.717) is 17.1 Å².